The standard InChI is InChI=1S/C12H14FN5/c13-9-3-1-8(2-4-9)11-16-12-15-6-5-10(7-14)18(12)17-11/h1-4,10H,5-7,14H2,(H,15,16,17). The fourth-order valence-electron chi connectivity index (χ4n) is 2.11. The molecule has 0 amide bonds. The molecule has 5 nitrogen and oxygen atoms in total. The van der Waals surface area contributed by atoms with Gasteiger partial charge in [-0.1, -0.05) is 0 Å². The van der Waals surface area contributed by atoms with E-state index in [0.717, 1.165) is 24.5 Å². The Balaban J connectivity index is 1.99. The normalized spacial score (nSPS) is 18.2. The summed E-state index contributed by atoms with van der Waals surface area (Å²) in [4.78, 5) is 4.41. The van der Waals surface area contributed by atoms with Gasteiger partial charge in [-0.05, 0) is 30.7 Å². The van der Waals surface area contributed by atoms with E-state index in [-0.39, 0.29) is 11.9 Å². The first-order valence-electron chi connectivity index (χ1n) is 5.94. The van der Waals surface area contributed by atoms with E-state index >= 15 is 0 Å². The van der Waals surface area contributed by atoms with Crippen LogP contribution in [0.3, 0.4) is 0 Å². The largest absolute Gasteiger partial charge is 0.354 e. The Labute approximate surface area is 104 Å². The van der Waals surface area contributed by atoms with Gasteiger partial charge in [0.15, 0.2) is 5.82 Å². The molecular weight excluding hydrogens is 233 g/mol. The van der Waals surface area contributed by atoms with Gasteiger partial charge in [0.25, 0.3) is 0 Å². The average molecular weight is 247 g/mol. The van der Waals surface area contributed by atoms with E-state index in [2.05, 4.69) is 15.4 Å². The molecule has 2 heterocycles. The smallest absolute Gasteiger partial charge is 0.222 e. The van der Waals surface area contributed by atoms with Crippen LogP contribution in [0.2, 0.25) is 0 Å². The molecule has 1 aliphatic heterocycles. The van der Waals surface area contributed by atoms with Gasteiger partial charge >= 0.3 is 0 Å². The van der Waals surface area contributed by atoms with Crippen LogP contribution in [0.1, 0.15) is 12.5 Å². The molecule has 94 valence electrons. The number of aromatic nitrogens is 3. The second-order valence-electron chi connectivity index (χ2n) is 4.32. The summed E-state index contributed by atoms with van der Waals surface area (Å²) in [5.74, 6) is 1.06. The van der Waals surface area contributed by atoms with Gasteiger partial charge in [-0.15, -0.1) is 5.10 Å². The van der Waals surface area contributed by atoms with Crippen molar-refractivity contribution >= 4 is 5.95 Å². The summed E-state index contributed by atoms with van der Waals surface area (Å²) in [7, 11) is 0. The number of benzene rings is 1. The lowest BCUT2D eigenvalue weighted by molar-refractivity contribution is 0.427. The van der Waals surface area contributed by atoms with E-state index in [1.807, 2.05) is 4.68 Å². The highest BCUT2D eigenvalue weighted by molar-refractivity contribution is 5.56. The van der Waals surface area contributed by atoms with Crippen molar-refractivity contribution in [3.63, 3.8) is 0 Å². The van der Waals surface area contributed by atoms with Crippen LogP contribution in [0.5, 0.6) is 0 Å². The Bertz CT molecular complexity index is 548. The highest BCUT2D eigenvalue weighted by Gasteiger charge is 2.22. The summed E-state index contributed by atoms with van der Waals surface area (Å²) in [6.45, 7) is 1.39. The van der Waals surface area contributed by atoms with Crippen molar-refractivity contribution in [3.8, 4) is 11.4 Å². The fourth-order valence-corrected chi connectivity index (χ4v) is 2.11. The summed E-state index contributed by atoms with van der Waals surface area (Å²) >= 11 is 0. The van der Waals surface area contributed by atoms with Crippen LogP contribution in [0.15, 0.2) is 24.3 Å². The van der Waals surface area contributed by atoms with Crippen molar-refractivity contribution in [2.24, 2.45) is 5.73 Å². The van der Waals surface area contributed by atoms with E-state index in [0.29, 0.717) is 12.4 Å². The van der Waals surface area contributed by atoms with Gasteiger partial charge in [0.2, 0.25) is 5.95 Å². The summed E-state index contributed by atoms with van der Waals surface area (Å²) in [5, 5.41) is 7.63. The molecule has 2 aromatic rings. The third-order valence-electron chi connectivity index (χ3n) is 3.11. The van der Waals surface area contributed by atoms with E-state index in [1.54, 1.807) is 12.1 Å². The molecule has 0 saturated carbocycles. The van der Waals surface area contributed by atoms with Gasteiger partial charge in [-0.2, -0.15) is 4.98 Å². The third kappa shape index (κ3) is 1.84. The zero-order chi connectivity index (χ0) is 12.5. The Hall–Kier alpha value is -1.95. The molecule has 0 bridgehead atoms. The molecule has 1 aromatic carbocycles. The number of hydrogen-bond donors (Lipinski definition) is 2. The van der Waals surface area contributed by atoms with Crippen LogP contribution < -0.4 is 11.1 Å². The van der Waals surface area contributed by atoms with Gasteiger partial charge in [0.1, 0.15) is 5.82 Å². The van der Waals surface area contributed by atoms with Crippen molar-refractivity contribution in [1.82, 2.24) is 14.8 Å². The van der Waals surface area contributed by atoms with Crippen LogP contribution in [0, 0.1) is 5.82 Å². The molecule has 1 unspecified atom stereocenters. The Morgan fingerprint density at radius 2 is 2.17 bits per heavy atom. The molecule has 3 N–H and O–H groups in total. The lowest BCUT2D eigenvalue weighted by Crippen LogP contribution is -2.29. The highest BCUT2D eigenvalue weighted by atomic mass is 19.1. The Kier molecular flexibility index (Phi) is 2.71. The summed E-state index contributed by atoms with van der Waals surface area (Å²) < 4.78 is 14.7. The first kappa shape index (κ1) is 11.2. The van der Waals surface area contributed by atoms with E-state index in [9.17, 15) is 4.39 Å². The van der Waals surface area contributed by atoms with Crippen molar-refractivity contribution in [1.29, 1.82) is 0 Å². The van der Waals surface area contributed by atoms with Crippen LogP contribution in [0.25, 0.3) is 11.4 Å². The van der Waals surface area contributed by atoms with Gasteiger partial charge in [0.05, 0.1) is 6.04 Å². The molecule has 1 aromatic heterocycles. The van der Waals surface area contributed by atoms with Crippen LogP contribution in [-0.2, 0) is 0 Å². The first-order valence-corrected chi connectivity index (χ1v) is 5.94. The molecular formula is C12H14FN5. The number of anilines is 1. The molecule has 1 atom stereocenters. The van der Waals surface area contributed by atoms with E-state index in [4.69, 9.17) is 5.73 Å². The average Bonchev–Trinajstić information content (AvgIpc) is 2.83. The quantitative estimate of drug-likeness (QED) is 0.841. The minimum atomic E-state index is -0.263. The molecule has 1 aliphatic rings. The highest BCUT2D eigenvalue weighted by Crippen LogP contribution is 2.24. The third-order valence-corrected chi connectivity index (χ3v) is 3.11. The SMILES string of the molecule is NCC1CCNc2nc(-c3ccc(F)cc3)nn21. The molecule has 0 spiro atoms. The molecule has 6 heteroatoms. The topological polar surface area (TPSA) is 68.8 Å². The summed E-state index contributed by atoms with van der Waals surface area (Å²) in [6, 6.07) is 6.34. The zero-order valence-electron chi connectivity index (χ0n) is 9.81. The summed E-state index contributed by atoms with van der Waals surface area (Å²) in [5.41, 5.74) is 6.52. The maximum Gasteiger partial charge on any atom is 0.222 e. The monoisotopic (exact) mass is 247 g/mol. The number of halogens is 1. The lowest BCUT2D eigenvalue weighted by atomic mass is 10.2. The van der Waals surface area contributed by atoms with E-state index < -0.39 is 0 Å². The number of fused-ring (bicyclic) bond motifs is 1. The lowest BCUT2D eigenvalue weighted by Gasteiger charge is -2.22. The van der Waals surface area contributed by atoms with Gasteiger partial charge in [-0.25, -0.2) is 9.07 Å². The van der Waals surface area contributed by atoms with Gasteiger partial charge in [0, 0.05) is 18.7 Å². The predicted octanol–water partition coefficient (Wildman–Crippen LogP) is 1.40. The number of rotatable bonds is 2. The van der Waals surface area contributed by atoms with Crippen molar-refractivity contribution in [2.75, 3.05) is 18.4 Å². The maximum absolute atomic E-state index is 12.9. The molecule has 0 fully saturated rings. The van der Waals surface area contributed by atoms with Gasteiger partial charge < -0.3 is 11.1 Å². The zero-order valence-corrected chi connectivity index (χ0v) is 9.81. The first-order chi connectivity index (χ1) is 8.78. The van der Waals surface area contributed by atoms with Crippen LogP contribution in [0.4, 0.5) is 10.3 Å². The van der Waals surface area contributed by atoms with Crippen LogP contribution in [-0.4, -0.2) is 27.9 Å². The van der Waals surface area contributed by atoms with Crippen molar-refractivity contribution in [2.45, 2.75) is 12.5 Å². The molecule has 0 aliphatic carbocycles. The Morgan fingerprint density at radius 3 is 2.89 bits per heavy atom. The van der Waals surface area contributed by atoms with Crippen LogP contribution >= 0.6 is 0 Å². The molecule has 0 saturated heterocycles. The van der Waals surface area contributed by atoms with E-state index in [1.165, 1.54) is 12.1 Å². The summed E-state index contributed by atoms with van der Waals surface area (Å²) in [6.07, 6.45) is 0.940. The number of hydrogen-bond acceptors (Lipinski definition) is 4. The number of nitrogens with zero attached hydrogens (tertiary/aromatic N) is 3. The number of nitrogens with two attached hydrogens (primary N) is 1. The Morgan fingerprint density at radius 1 is 1.39 bits per heavy atom. The molecule has 3 rings (SSSR count). The predicted molar refractivity (Wildman–Crippen MR) is 66.6 cm³/mol. The number of nitrogens with one attached hydrogen (secondary N) is 1. The molecule has 18 heavy (non-hydrogen) atoms. The fraction of sp³-hybridized carbons (Fsp3) is 0.333. The van der Waals surface area contributed by atoms with Gasteiger partial charge in [-0.3, -0.25) is 0 Å². The molecule has 0 radical (unpaired) electrons. The minimum Gasteiger partial charge on any atom is -0.354 e. The second kappa shape index (κ2) is 4.38. The van der Waals surface area contributed by atoms with Crippen molar-refractivity contribution in [3.05, 3.63) is 30.1 Å². The maximum atomic E-state index is 12.9. The van der Waals surface area contributed by atoms with Crippen molar-refractivity contribution < 1.29 is 4.39 Å². The second-order valence-corrected chi connectivity index (χ2v) is 4.32. The minimum absolute atomic E-state index is 0.183.